The molecule has 5 heteroatoms. The van der Waals surface area contributed by atoms with Crippen molar-refractivity contribution in [2.45, 2.75) is 12.6 Å². The zero-order valence-corrected chi connectivity index (χ0v) is 11.6. The van der Waals surface area contributed by atoms with E-state index in [4.69, 9.17) is 0 Å². The molecule has 1 nitrogen and oxygen atoms in total. The van der Waals surface area contributed by atoms with Crippen LogP contribution in [-0.2, 0) is 32.7 Å². The number of nitrogens with zero attached hydrogens (tertiary/aromatic N) is 1. The summed E-state index contributed by atoms with van der Waals surface area (Å²) in [4.78, 5) is 3.59. The molecule has 1 aromatic carbocycles. The second kappa shape index (κ2) is 6.12. The molecule has 1 aromatic heterocycles. The largest absolute Gasteiger partial charge is 0.293 e. The smallest absolute Gasteiger partial charge is 0.248 e. The van der Waals surface area contributed by atoms with Crippen molar-refractivity contribution >= 4 is 0 Å². The van der Waals surface area contributed by atoms with E-state index in [1.54, 1.807) is 6.07 Å². The molecule has 0 aliphatic rings. The monoisotopic (exact) mass is 429 g/mol. The summed E-state index contributed by atoms with van der Waals surface area (Å²) in [6, 6.07) is 12.2. The van der Waals surface area contributed by atoms with Gasteiger partial charge in [0.1, 0.15) is 12.4 Å². The second-order valence-corrected chi connectivity index (χ2v) is 3.50. The van der Waals surface area contributed by atoms with Crippen LogP contribution >= 0.6 is 0 Å². The first-order chi connectivity index (χ1) is 8.14. The van der Waals surface area contributed by atoms with Crippen LogP contribution in [0.4, 0.5) is 13.2 Å². The number of aromatic nitrogens is 1. The Morgan fingerprint density at radius 1 is 1.11 bits per heavy atom. The number of alkyl halides is 3. The van der Waals surface area contributed by atoms with Crippen molar-refractivity contribution < 1.29 is 33.3 Å². The van der Waals surface area contributed by atoms with Crippen LogP contribution < -0.4 is 0 Å². The van der Waals surface area contributed by atoms with Gasteiger partial charge in [-0.25, -0.2) is 9.37 Å². The Morgan fingerprint density at radius 3 is 2.50 bits per heavy atom. The average molecular weight is 428 g/mol. The van der Waals surface area contributed by atoms with Gasteiger partial charge in [-0.05, 0) is 12.1 Å². The number of halogens is 3. The minimum Gasteiger partial charge on any atom is -0.248 e. The third-order valence-electron chi connectivity index (χ3n) is 2.31. The third kappa shape index (κ3) is 2.98. The van der Waals surface area contributed by atoms with E-state index in [-0.39, 0.29) is 31.4 Å². The predicted octanol–water partition coefficient (Wildman–Crippen LogP) is 3.49. The van der Waals surface area contributed by atoms with Crippen molar-refractivity contribution in [3.63, 3.8) is 0 Å². The van der Waals surface area contributed by atoms with Crippen LogP contribution in [0.3, 0.4) is 0 Å². The van der Waals surface area contributed by atoms with E-state index < -0.39 is 18.3 Å². The molecule has 1 heterocycles. The fraction of sp³-hybridized carbons (Fsp3) is 0.154. The molecule has 0 fully saturated rings. The van der Waals surface area contributed by atoms with Crippen LogP contribution in [-0.4, -0.2) is 4.98 Å². The number of benzene rings is 1. The SMILES string of the molecule is FCc1cccc(C(F)(F)c2[c-]cccc2)n1.[Ir]. The molecule has 0 bridgehead atoms. The molecule has 0 aliphatic heterocycles. The zero-order valence-electron chi connectivity index (χ0n) is 9.16. The van der Waals surface area contributed by atoms with Gasteiger partial charge < -0.3 is 0 Å². The molecule has 97 valence electrons. The topological polar surface area (TPSA) is 12.9 Å². The van der Waals surface area contributed by atoms with E-state index in [0.29, 0.717) is 0 Å². The van der Waals surface area contributed by atoms with Crippen molar-refractivity contribution in [3.8, 4) is 0 Å². The molecule has 0 saturated carbocycles. The van der Waals surface area contributed by atoms with Gasteiger partial charge in [-0.1, -0.05) is 11.6 Å². The molecule has 2 rings (SSSR count). The van der Waals surface area contributed by atoms with Crippen molar-refractivity contribution in [2.75, 3.05) is 0 Å². The minimum absolute atomic E-state index is 0. The average Bonchev–Trinajstić information content (AvgIpc) is 2.40. The molecule has 0 saturated heterocycles. The van der Waals surface area contributed by atoms with Crippen molar-refractivity contribution in [1.82, 2.24) is 4.98 Å². The first-order valence-electron chi connectivity index (χ1n) is 5.02. The van der Waals surface area contributed by atoms with E-state index >= 15 is 0 Å². The van der Waals surface area contributed by atoms with Crippen LogP contribution in [0.25, 0.3) is 0 Å². The van der Waals surface area contributed by atoms with Crippen LogP contribution in [0, 0.1) is 6.07 Å². The van der Waals surface area contributed by atoms with Gasteiger partial charge in [0.15, 0.2) is 0 Å². The molecule has 0 unspecified atom stereocenters. The third-order valence-corrected chi connectivity index (χ3v) is 2.31. The summed E-state index contributed by atoms with van der Waals surface area (Å²) >= 11 is 0. The predicted molar refractivity (Wildman–Crippen MR) is 57.3 cm³/mol. The Hall–Kier alpha value is -1.19. The minimum atomic E-state index is -3.26. The van der Waals surface area contributed by atoms with E-state index in [2.05, 4.69) is 11.1 Å². The summed E-state index contributed by atoms with van der Waals surface area (Å²) in [7, 11) is 0. The molecule has 0 aliphatic carbocycles. The van der Waals surface area contributed by atoms with Gasteiger partial charge in [-0.15, -0.1) is 0 Å². The summed E-state index contributed by atoms with van der Waals surface area (Å²) in [5, 5.41) is 0. The molecular formula is C13H9F3IrN-. The quantitative estimate of drug-likeness (QED) is 0.683. The number of pyridine rings is 1. The van der Waals surface area contributed by atoms with Crippen molar-refractivity contribution in [1.29, 1.82) is 0 Å². The normalized spacial score (nSPS) is 10.8. The Morgan fingerprint density at radius 2 is 1.89 bits per heavy atom. The summed E-state index contributed by atoms with van der Waals surface area (Å²) in [5.74, 6) is -3.26. The Balaban J connectivity index is 0.00000162. The van der Waals surface area contributed by atoms with E-state index in [0.717, 1.165) is 0 Å². The Kier molecular flexibility index (Phi) is 5.05. The van der Waals surface area contributed by atoms with Gasteiger partial charge in [0.2, 0.25) is 0 Å². The van der Waals surface area contributed by atoms with E-state index in [1.165, 1.54) is 36.4 Å². The first kappa shape index (κ1) is 14.9. The number of hydrogen-bond donors (Lipinski definition) is 0. The molecule has 0 atom stereocenters. The summed E-state index contributed by atoms with van der Waals surface area (Å²) in [6.07, 6.45) is 0. The van der Waals surface area contributed by atoms with Crippen LogP contribution in [0.5, 0.6) is 0 Å². The Bertz CT molecular complexity index is 503. The maximum atomic E-state index is 14.0. The number of rotatable bonds is 3. The van der Waals surface area contributed by atoms with Crippen LogP contribution in [0.15, 0.2) is 42.5 Å². The van der Waals surface area contributed by atoms with Crippen LogP contribution in [0.2, 0.25) is 0 Å². The van der Waals surface area contributed by atoms with Gasteiger partial charge in [-0.2, -0.15) is 39.1 Å². The fourth-order valence-corrected chi connectivity index (χ4v) is 1.46. The standard InChI is InChI=1S/C13H9F3N.Ir/c14-9-11-7-4-8-12(17-11)13(15,16)10-5-2-1-3-6-10;/h1-5,7-8H,9H2;/q-1;. The van der Waals surface area contributed by atoms with E-state index in [1.807, 2.05) is 0 Å². The Labute approximate surface area is 116 Å². The van der Waals surface area contributed by atoms with Gasteiger partial charge in [0, 0.05) is 20.1 Å². The summed E-state index contributed by atoms with van der Waals surface area (Å²) in [5.41, 5.74) is -0.739. The molecular weight excluding hydrogens is 419 g/mol. The number of hydrogen-bond acceptors (Lipinski definition) is 1. The van der Waals surface area contributed by atoms with Crippen LogP contribution in [0.1, 0.15) is 17.0 Å². The summed E-state index contributed by atoms with van der Waals surface area (Å²) < 4.78 is 40.4. The van der Waals surface area contributed by atoms with Gasteiger partial charge in [-0.3, -0.25) is 0 Å². The van der Waals surface area contributed by atoms with E-state index in [9.17, 15) is 13.2 Å². The van der Waals surface area contributed by atoms with Gasteiger partial charge >= 0.3 is 0 Å². The molecule has 2 aromatic rings. The fourth-order valence-electron chi connectivity index (χ4n) is 1.46. The second-order valence-electron chi connectivity index (χ2n) is 3.50. The molecule has 0 amide bonds. The zero-order chi connectivity index (χ0) is 12.3. The molecule has 0 spiro atoms. The van der Waals surface area contributed by atoms with Crippen molar-refractivity contribution in [2.24, 2.45) is 0 Å². The van der Waals surface area contributed by atoms with Crippen molar-refractivity contribution in [3.05, 3.63) is 65.5 Å². The van der Waals surface area contributed by atoms with Gasteiger partial charge in [0.25, 0.3) is 5.92 Å². The van der Waals surface area contributed by atoms with Gasteiger partial charge in [0.05, 0.1) is 5.69 Å². The first-order valence-corrected chi connectivity index (χ1v) is 5.02. The maximum absolute atomic E-state index is 14.0. The maximum Gasteiger partial charge on any atom is 0.293 e. The molecule has 18 heavy (non-hydrogen) atoms. The molecule has 1 radical (unpaired) electrons. The summed E-state index contributed by atoms with van der Waals surface area (Å²) in [6.45, 7) is -0.859. The molecule has 0 N–H and O–H groups in total.